The molecule has 4 heteroatoms. The van der Waals surface area contributed by atoms with Gasteiger partial charge in [0.15, 0.2) is 11.6 Å². The molecule has 1 aromatic rings. The van der Waals surface area contributed by atoms with Crippen LogP contribution in [0.3, 0.4) is 0 Å². The van der Waals surface area contributed by atoms with Crippen LogP contribution in [0, 0.1) is 11.7 Å². The first kappa shape index (κ1) is 13.8. The molecule has 1 heterocycles. The Morgan fingerprint density at radius 2 is 2.11 bits per heavy atom. The average molecular weight is 316 g/mol. The van der Waals surface area contributed by atoms with Crippen LogP contribution >= 0.6 is 15.9 Å². The van der Waals surface area contributed by atoms with Crippen molar-refractivity contribution < 1.29 is 9.13 Å². The van der Waals surface area contributed by atoms with Gasteiger partial charge < -0.3 is 4.74 Å². The molecule has 1 aromatic carbocycles. The predicted octanol–water partition coefficient (Wildman–Crippen LogP) is 3.70. The monoisotopic (exact) mass is 315 g/mol. The van der Waals surface area contributed by atoms with Crippen molar-refractivity contribution in [2.24, 2.45) is 5.92 Å². The molecular weight excluding hydrogens is 297 g/mol. The molecule has 0 saturated carbocycles. The minimum atomic E-state index is -0.309. The van der Waals surface area contributed by atoms with Crippen molar-refractivity contribution in [1.82, 2.24) is 4.90 Å². The first-order valence-electron chi connectivity index (χ1n) is 6.45. The highest BCUT2D eigenvalue weighted by Gasteiger charge is 2.15. The standard InChI is InChI=1S/C14H19BrFNO/c1-11-4-6-17(7-5-11)8-9-18-14-3-2-12(15)10-13(14)16/h2-3,10-11H,4-9H2,1H3. The van der Waals surface area contributed by atoms with Gasteiger partial charge in [0.1, 0.15) is 6.61 Å². The highest BCUT2D eigenvalue weighted by Crippen LogP contribution is 2.21. The molecule has 18 heavy (non-hydrogen) atoms. The van der Waals surface area contributed by atoms with Crippen molar-refractivity contribution in [2.75, 3.05) is 26.2 Å². The quantitative estimate of drug-likeness (QED) is 0.840. The first-order chi connectivity index (χ1) is 8.65. The van der Waals surface area contributed by atoms with Crippen molar-refractivity contribution in [1.29, 1.82) is 0 Å². The van der Waals surface area contributed by atoms with Crippen LogP contribution in [0.5, 0.6) is 5.75 Å². The topological polar surface area (TPSA) is 12.5 Å². The maximum atomic E-state index is 13.5. The Morgan fingerprint density at radius 3 is 2.78 bits per heavy atom. The lowest BCUT2D eigenvalue weighted by molar-refractivity contribution is 0.158. The Balaban J connectivity index is 1.75. The number of nitrogens with zero attached hydrogens (tertiary/aromatic N) is 1. The van der Waals surface area contributed by atoms with Crippen molar-refractivity contribution in [3.8, 4) is 5.75 Å². The second-order valence-corrected chi connectivity index (χ2v) is 5.86. The van der Waals surface area contributed by atoms with Crippen LogP contribution in [-0.2, 0) is 0 Å². The van der Waals surface area contributed by atoms with E-state index in [-0.39, 0.29) is 5.82 Å². The van der Waals surface area contributed by atoms with Gasteiger partial charge in [0.2, 0.25) is 0 Å². The fourth-order valence-electron chi connectivity index (χ4n) is 2.16. The van der Waals surface area contributed by atoms with Crippen LogP contribution in [0.2, 0.25) is 0 Å². The molecule has 0 aliphatic carbocycles. The van der Waals surface area contributed by atoms with Gasteiger partial charge in [0, 0.05) is 11.0 Å². The van der Waals surface area contributed by atoms with Crippen LogP contribution in [-0.4, -0.2) is 31.1 Å². The van der Waals surface area contributed by atoms with E-state index in [0.29, 0.717) is 12.4 Å². The molecule has 0 amide bonds. The second kappa shape index (κ2) is 6.53. The summed E-state index contributed by atoms with van der Waals surface area (Å²) in [7, 11) is 0. The number of piperidine rings is 1. The number of ether oxygens (including phenoxy) is 1. The van der Waals surface area contributed by atoms with E-state index < -0.39 is 0 Å². The molecular formula is C14H19BrFNO. The first-order valence-corrected chi connectivity index (χ1v) is 7.24. The van der Waals surface area contributed by atoms with Crippen molar-refractivity contribution >= 4 is 15.9 Å². The summed E-state index contributed by atoms with van der Waals surface area (Å²) in [6, 6.07) is 4.89. The molecule has 2 rings (SSSR count). The van der Waals surface area contributed by atoms with Gasteiger partial charge >= 0.3 is 0 Å². The lowest BCUT2D eigenvalue weighted by atomic mass is 9.99. The van der Waals surface area contributed by atoms with Crippen molar-refractivity contribution in [2.45, 2.75) is 19.8 Å². The maximum Gasteiger partial charge on any atom is 0.166 e. The molecule has 0 atom stereocenters. The summed E-state index contributed by atoms with van der Waals surface area (Å²) in [5.74, 6) is 0.867. The summed E-state index contributed by atoms with van der Waals surface area (Å²) in [5.41, 5.74) is 0. The Morgan fingerprint density at radius 1 is 1.39 bits per heavy atom. The summed E-state index contributed by atoms with van der Waals surface area (Å²) in [5, 5.41) is 0. The normalized spacial score (nSPS) is 17.9. The molecule has 0 radical (unpaired) electrons. The van der Waals surface area contributed by atoms with E-state index in [2.05, 4.69) is 27.8 Å². The van der Waals surface area contributed by atoms with Crippen molar-refractivity contribution in [3.05, 3.63) is 28.5 Å². The van der Waals surface area contributed by atoms with Gasteiger partial charge in [-0.15, -0.1) is 0 Å². The summed E-state index contributed by atoms with van der Waals surface area (Å²) >= 11 is 3.23. The zero-order valence-electron chi connectivity index (χ0n) is 10.7. The summed E-state index contributed by atoms with van der Waals surface area (Å²) in [6.45, 7) is 5.99. The van der Waals surface area contributed by atoms with Gasteiger partial charge in [-0.05, 0) is 50.0 Å². The van der Waals surface area contributed by atoms with Crippen LogP contribution in [0.25, 0.3) is 0 Å². The van der Waals surface area contributed by atoms with Crippen LogP contribution in [0.1, 0.15) is 19.8 Å². The largest absolute Gasteiger partial charge is 0.489 e. The molecule has 0 bridgehead atoms. The number of likely N-dealkylation sites (tertiary alicyclic amines) is 1. The third-order valence-electron chi connectivity index (χ3n) is 3.44. The molecule has 0 unspecified atom stereocenters. The smallest absolute Gasteiger partial charge is 0.166 e. The number of hydrogen-bond donors (Lipinski definition) is 0. The third-order valence-corrected chi connectivity index (χ3v) is 3.93. The van der Waals surface area contributed by atoms with Crippen molar-refractivity contribution in [3.63, 3.8) is 0 Å². The van der Waals surface area contributed by atoms with E-state index in [1.807, 2.05) is 0 Å². The van der Waals surface area contributed by atoms with E-state index in [0.717, 1.165) is 30.0 Å². The zero-order valence-corrected chi connectivity index (χ0v) is 12.2. The van der Waals surface area contributed by atoms with E-state index in [1.54, 1.807) is 12.1 Å². The summed E-state index contributed by atoms with van der Waals surface area (Å²) in [4.78, 5) is 2.39. The fraction of sp³-hybridized carbons (Fsp3) is 0.571. The molecule has 0 aromatic heterocycles. The minimum Gasteiger partial charge on any atom is -0.489 e. The zero-order chi connectivity index (χ0) is 13.0. The fourth-order valence-corrected chi connectivity index (χ4v) is 2.50. The molecule has 0 spiro atoms. The molecule has 100 valence electrons. The van der Waals surface area contributed by atoms with E-state index in [4.69, 9.17) is 4.74 Å². The molecule has 1 aliphatic rings. The highest BCUT2D eigenvalue weighted by atomic mass is 79.9. The van der Waals surface area contributed by atoms with Gasteiger partial charge in [-0.3, -0.25) is 4.90 Å². The Hall–Kier alpha value is -0.610. The van der Waals surface area contributed by atoms with Crippen LogP contribution < -0.4 is 4.74 Å². The molecule has 1 aliphatic heterocycles. The highest BCUT2D eigenvalue weighted by molar-refractivity contribution is 9.10. The van der Waals surface area contributed by atoms with Crippen LogP contribution in [0.15, 0.2) is 22.7 Å². The lowest BCUT2D eigenvalue weighted by Crippen LogP contribution is -2.35. The SMILES string of the molecule is CC1CCN(CCOc2ccc(Br)cc2F)CC1. The summed E-state index contributed by atoms with van der Waals surface area (Å²) < 4.78 is 19.7. The molecule has 1 saturated heterocycles. The molecule has 1 fully saturated rings. The van der Waals surface area contributed by atoms with Gasteiger partial charge in [-0.25, -0.2) is 4.39 Å². The molecule has 2 nitrogen and oxygen atoms in total. The third kappa shape index (κ3) is 3.95. The van der Waals surface area contributed by atoms with Gasteiger partial charge in [-0.1, -0.05) is 22.9 Å². The van der Waals surface area contributed by atoms with E-state index in [1.165, 1.54) is 18.9 Å². The van der Waals surface area contributed by atoms with E-state index in [9.17, 15) is 4.39 Å². The molecule has 0 N–H and O–H groups in total. The van der Waals surface area contributed by atoms with E-state index >= 15 is 0 Å². The number of hydrogen-bond acceptors (Lipinski definition) is 2. The minimum absolute atomic E-state index is 0.309. The number of rotatable bonds is 4. The Labute approximate surface area is 116 Å². The lowest BCUT2D eigenvalue weighted by Gasteiger charge is -2.29. The predicted molar refractivity (Wildman–Crippen MR) is 74.4 cm³/mol. The Kier molecular flexibility index (Phi) is 5.01. The number of halogens is 2. The maximum absolute atomic E-state index is 13.5. The van der Waals surface area contributed by atoms with Crippen LogP contribution in [0.4, 0.5) is 4.39 Å². The second-order valence-electron chi connectivity index (χ2n) is 4.95. The number of benzene rings is 1. The Bertz CT molecular complexity index is 391. The average Bonchev–Trinajstić information content (AvgIpc) is 2.34. The van der Waals surface area contributed by atoms with Gasteiger partial charge in [0.25, 0.3) is 0 Å². The summed E-state index contributed by atoms with van der Waals surface area (Å²) in [6.07, 6.45) is 2.51. The van der Waals surface area contributed by atoms with Gasteiger partial charge in [-0.2, -0.15) is 0 Å². The van der Waals surface area contributed by atoms with Gasteiger partial charge in [0.05, 0.1) is 0 Å².